The molecule has 2 fully saturated rings. The second-order valence-corrected chi connectivity index (χ2v) is 9.25. The second-order valence-electron chi connectivity index (χ2n) is 9.25. The van der Waals surface area contributed by atoms with Crippen LogP contribution in [0.15, 0.2) is 63.4 Å². The number of hydrogen-bond acceptors (Lipinski definition) is 9. The van der Waals surface area contributed by atoms with Gasteiger partial charge >= 0.3 is 11.6 Å². The molecule has 2 saturated heterocycles. The molecule has 3 rings (SSSR count). The van der Waals surface area contributed by atoms with Gasteiger partial charge in [-0.1, -0.05) is 36.5 Å². The lowest BCUT2D eigenvalue weighted by Crippen LogP contribution is -2.53. The summed E-state index contributed by atoms with van der Waals surface area (Å²) in [6.45, 7) is 7.12. The fraction of sp³-hybridized carbons (Fsp3) is 0.481. The predicted octanol–water partition coefficient (Wildman–Crippen LogP) is 2.92. The van der Waals surface area contributed by atoms with Gasteiger partial charge < -0.3 is 33.6 Å². The highest BCUT2D eigenvalue weighted by atomic mass is 16.7. The smallest absolute Gasteiger partial charge is 0.339 e. The van der Waals surface area contributed by atoms with E-state index in [0.29, 0.717) is 23.5 Å². The lowest BCUT2D eigenvalue weighted by molar-refractivity contribution is -0.139. The summed E-state index contributed by atoms with van der Waals surface area (Å²) in [7, 11) is 1.32. The Morgan fingerprint density at radius 1 is 1.17 bits per heavy atom. The molecule has 1 aromatic rings. The minimum Gasteiger partial charge on any atom is -0.493 e. The van der Waals surface area contributed by atoms with Crippen molar-refractivity contribution in [1.82, 2.24) is 0 Å². The largest absolute Gasteiger partial charge is 0.493 e. The molecular formula is C27H34O9. The summed E-state index contributed by atoms with van der Waals surface area (Å²) in [5.74, 6) is 0.278. The Morgan fingerprint density at radius 3 is 2.58 bits per heavy atom. The highest BCUT2D eigenvalue weighted by Crippen LogP contribution is 2.54. The van der Waals surface area contributed by atoms with Crippen LogP contribution in [0, 0.1) is 5.41 Å². The van der Waals surface area contributed by atoms with Gasteiger partial charge in [-0.2, -0.15) is 0 Å². The molecule has 9 heteroatoms. The van der Waals surface area contributed by atoms with Crippen molar-refractivity contribution in [2.45, 2.75) is 64.3 Å². The molecule has 6 atom stereocenters. The van der Waals surface area contributed by atoms with Gasteiger partial charge in [0.25, 0.3) is 0 Å². The van der Waals surface area contributed by atoms with Crippen molar-refractivity contribution >= 4 is 12.0 Å². The molecule has 0 radical (unpaired) electrons. The van der Waals surface area contributed by atoms with Gasteiger partial charge in [0, 0.05) is 18.1 Å². The number of methoxy groups -OCH3 is 1. The molecule has 0 aliphatic carbocycles. The molecule has 196 valence electrons. The van der Waals surface area contributed by atoms with E-state index in [4.69, 9.17) is 18.6 Å². The molecule has 1 aromatic heterocycles. The van der Waals surface area contributed by atoms with Crippen LogP contribution in [-0.4, -0.2) is 60.1 Å². The molecule has 3 heterocycles. The molecular weight excluding hydrogens is 468 g/mol. The number of aliphatic hydroxyl groups excluding tert-OH is 1. The number of aliphatic hydroxyl groups is 2. The van der Waals surface area contributed by atoms with Crippen LogP contribution >= 0.6 is 0 Å². The zero-order chi connectivity index (χ0) is 26.5. The summed E-state index contributed by atoms with van der Waals surface area (Å²) < 4.78 is 26.9. The topological polar surface area (TPSA) is 125 Å². The molecule has 36 heavy (non-hydrogen) atoms. The second kappa shape index (κ2) is 11.4. The van der Waals surface area contributed by atoms with Gasteiger partial charge in [0.2, 0.25) is 0 Å². The van der Waals surface area contributed by atoms with Crippen LogP contribution < -0.4 is 10.4 Å². The number of carbonyl (C=O) groups is 1. The summed E-state index contributed by atoms with van der Waals surface area (Å²) in [6.07, 6.45) is 9.67. The van der Waals surface area contributed by atoms with Crippen LogP contribution in [0.3, 0.4) is 0 Å². The van der Waals surface area contributed by atoms with Crippen molar-refractivity contribution in [2.24, 2.45) is 5.41 Å². The molecule has 0 unspecified atom stereocenters. The van der Waals surface area contributed by atoms with E-state index in [9.17, 15) is 19.8 Å². The van der Waals surface area contributed by atoms with Gasteiger partial charge in [-0.15, -0.1) is 0 Å². The van der Waals surface area contributed by atoms with Crippen LogP contribution in [0.25, 0.3) is 6.08 Å². The summed E-state index contributed by atoms with van der Waals surface area (Å²) >= 11 is 0. The summed E-state index contributed by atoms with van der Waals surface area (Å²) in [4.78, 5) is 23.2. The minimum absolute atomic E-state index is 0.278. The van der Waals surface area contributed by atoms with E-state index < -0.39 is 47.2 Å². The van der Waals surface area contributed by atoms with Crippen LogP contribution in [0.5, 0.6) is 5.75 Å². The average molecular weight is 503 g/mol. The third-order valence-electron chi connectivity index (χ3n) is 6.91. The number of hydrogen-bond donors (Lipinski definition) is 2. The maximum Gasteiger partial charge on any atom is 0.339 e. The van der Waals surface area contributed by atoms with Crippen LogP contribution in [0.1, 0.15) is 39.9 Å². The number of allylic oxidation sites excluding steroid dienone is 4. The van der Waals surface area contributed by atoms with E-state index in [1.165, 1.54) is 13.2 Å². The molecule has 0 saturated carbocycles. The van der Waals surface area contributed by atoms with E-state index in [0.717, 1.165) is 0 Å². The van der Waals surface area contributed by atoms with E-state index in [2.05, 4.69) is 4.74 Å². The van der Waals surface area contributed by atoms with Gasteiger partial charge in [0.1, 0.15) is 23.2 Å². The van der Waals surface area contributed by atoms with Gasteiger partial charge in [-0.25, -0.2) is 9.59 Å². The van der Waals surface area contributed by atoms with E-state index in [-0.39, 0.29) is 6.61 Å². The van der Waals surface area contributed by atoms with Crippen LogP contribution in [0.4, 0.5) is 0 Å². The van der Waals surface area contributed by atoms with Gasteiger partial charge in [0.15, 0.2) is 6.29 Å². The Kier molecular flexibility index (Phi) is 8.73. The van der Waals surface area contributed by atoms with Crippen molar-refractivity contribution in [3.05, 3.63) is 70.3 Å². The first kappa shape index (κ1) is 27.6. The quantitative estimate of drug-likeness (QED) is 0.227. The van der Waals surface area contributed by atoms with E-state index >= 15 is 0 Å². The fourth-order valence-electron chi connectivity index (χ4n) is 4.24. The zero-order valence-corrected chi connectivity index (χ0v) is 21.2. The lowest BCUT2D eigenvalue weighted by Gasteiger charge is -2.38. The number of rotatable bonds is 9. The Hall–Kier alpha value is -2.98. The van der Waals surface area contributed by atoms with Crippen LogP contribution in [0.2, 0.25) is 0 Å². The number of esters is 1. The lowest BCUT2D eigenvalue weighted by atomic mass is 9.69. The zero-order valence-electron chi connectivity index (χ0n) is 21.2. The highest BCUT2D eigenvalue weighted by Gasteiger charge is 2.68. The van der Waals surface area contributed by atoms with Gasteiger partial charge in [-0.05, 0) is 33.8 Å². The molecule has 0 amide bonds. The minimum atomic E-state index is -1.22. The predicted molar refractivity (Wildman–Crippen MR) is 132 cm³/mol. The summed E-state index contributed by atoms with van der Waals surface area (Å²) in [5, 5.41) is 21.6. The van der Waals surface area contributed by atoms with Crippen LogP contribution in [-0.2, 0) is 19.0 Å². The van der Waals surface area contributed by atoms with E-state index in [1.807, 2.05) is 0 Å². The number of carbonyl (C=O) groups excluding carboxylic acids is 1. The monoisotopic (exact) mass is 502 g/mol. The fourth-order valence-corrected chi connectivity index (χ4v) is 4.24. The van der Waals surface area contributed by atoms with Crippen molar-refractivity contribution in [1.29, 1.82) is 0 Å². The Bertz CT molecular complexity index is 1110. The van der Waals surface area contributed by atoms with Crippen molar-refractivity contribution < 1.29 is 38.4 Å². The average Bonchev–Trinajstić information content (AvgIpc) is 3.17. The molecule has 9 nitrogen and oxygen atoms in total. The van der Waals surface area contributed by atoms with Crippen molar-refractivity contribution in [3.8, 4) is 5.75 Å². The Labute approximate surface area is 210 Å². The third-order valence-corrected chi connectivity index (χ3v) is 6.91. The Morgan fingerprint density at radius 2 is 1.89 bits per heavy atom. The molecule has 0 spiro atoms. The molecule has 0 aromatic carbocycles. The Balaban J connectivity index is 1.53. The van der Waals surface area contributed by atoms with E-state index in [1.54, 1.807) is 76.3 Å². The maximum absolute atomic E-state index is 11.8. The first-order chi connectivity index (χ1) is 17.0. The molecule has 2 aliphatic heterocycles. The maximum atomic E-state index is 11.8. The standard InChI is InChI=1S/C27H34O9/c1-17(24(30)32-5)11-10-14-33-20-15-19(35-22(28)16-20)12-8-6-7-9-13-21-23(29)26(3)25(36-21)34-18(2)27(26,4)31/h6-9,11-13,15-16,18,21,23,25,29,31H,10,14H2,1-5H3/b7-6+,12-8+,13-9+,17-11+/t18-,21-,23+,25+,26+,27+/m1/s1. The molecule has 2 N–H and O–H groups in total. The van der Waals surface area contributed by atoms with Crippen molar-refractivity contribution in [3.63, 3.8) is 0 Å². The first-order valence-electron chi connectivity index (χ1n) is 11.8. The SMILES string of the molecule is COC(=O)/C(C)=C/CCOc1cc(/C=C/C=C/C=C/[C@H]2O[C@@H]3O[C@H](C)[C@](C)(O)[C@@]3(C)[C@H]2O)oc(=O)c1. The summed E-state index contributed by atoms with van der Waals surface area (Å²) in [5.41, 5.74) is -2.22. The summed E-state index contributed by atoms with van der Waals surface area (Å²) in [6, 6.07) is 2.84. The molecule has 0 bridgehead atoms. The normalized spacial score (nSPS) is 32.6. The first-order valence-corrected chi connectivity index (χ1v) is 11.8. The third kappa shape index (κ3) is 5.70. The van der Waals surface area contributed by atoms with Gasteiger partial charge in [0.05, 0.1) is 37.4 Å². The van der Waals surface area contributed by atoms with Crippen molar-refractivity contribution in [2.75, 3.05) is 13.7 Å². The molecule has 2 aliphatic rings. The number of fused-ring (bicyclic) bond motifs is 1. The van der Waals surface area contributed by atoms with Gasteiger partial charge in [-0.3, -0.25) is 0 Å². The number of ether oxygens (including phenoxy) is 4. The highest BCUT2D eigenvalue weighted by molar-refractivity contribution is 5.87.